The molecule has 0 amide bonds. The molecule has 0 heterocycles. The fourth-order valence-corrected chi connectivity index (χ4v) is 1.23. The van der Waals surface area contributed by atoms with Crippen LogP contribution in [0.15, 0.2) is 17.0 Å². The van der Waals surface area contributed by atoms with Crippen molar-refractivity contribution >= 4 is 11.1 Å². The molecule has 1 aromatic carbocycles. The Bertz CT molecular complexity index is 354. The second-order valence-corrected chi connectivity index (χ2v) is 3.10. The van der Waals surface area contributed by atoms with Gasteiger partial charge in [-0.25, -0.2) is 13.0 Å². The van der Waals surface area contributed by atoms with Crippen molar-refractivity contribution in [2.24, 2.45) is 0 Å². The van der Waals surface area contributed by atoms with Gasteiger partial charge in [0.15, 0.2) is 22.6 Å². The van der Waals surface area contributed by atoms with Crippen LogP contribution in [0, 0.1) is 11.6 Å². The van der Waals surface area contributed by atoms with Gasteiger partial charge in [0.05, 0.1) is 7.11 Å². The standard InChI is InChI=1S/C7H6F2O3S/c1-12-6-2-5(9)7(13(10)11)3-4(6)8/h2-3H,1H3,(H,10,11). The Morgan fingerprint density at radius 2 is 2.00 bits per heavy atom. The molecule has 0 saturated heterocycles. The van der Waals surface area contributed by atoms with Crippen molar-refractivity contribution < 1.29 is 22.3 Å². The van der Waals surface area contributed by atoms with Gasteiger partial charge in [0.1, 0.15) is 10.7 Å². The number of halogens is 2. The smallest absolute Gasteiger partial charge is 0.189 e. The first-order valence-corrected chi connectivity index (χ1v) is 4.31. The average Bonchev–Trinajstić information content (AvgIpc) is 2.07. The van der Waals surface area contributed by atoms with E-state index in [1.165, 1.54) is 7.11 Å². The van der Waals surface area contributed by atoms with Crippen molar-refractivity contribution in [3.8, 4) is 5.75 Å². The van der Waals surface area contributed by atoms with Crippen molar-refractivity contribution in [2.75, 3.05) is 7.11 Å². The topological polar surface area (TPSA) is 46.5 Å². The van der Waals surface area contributed by atoms with Gasteiger partial charge in [-0.1, -0.05) is 0 Å². The van der Waals surface area contributed by atoms with Crippen LogP contribution >= 0.6 is 0 Å². The maximum Gasteiger partial charge on any atom is 0.189 e. The molecular formula is C7H6F2O3S. The highest BCUT2D eigenvalue weighted by molar-refractivity contribution is 7.79. The van der Waals surface area contributed by atoms with Gasteiger partial charge < -0.3 is 9.29 Å². The molecule has 0 spiro atoms. The lowest BCUT2D eigenvalue weighted by molar-refractivity contribution is 0.380. The van der Waals surface area contributed by atoms with Crippen LogP contribution in [-0.2, 0) is 11.1 Å². The zero-order valence-electron chi connectivity index (χ0n) is 6.58. The van der Waals surface area contributed by atoms with Crippen LogP contribution in [0.25, 0.3) is 0 Å². The second kappa shape index (κ2) is 3.80. The third-order valence-electron chi connectivity index (χ3n) is 1.39. The summed E-state index contributed by atoms with van der Waals surface area (Å²) in [4.78, 5) is -0.599. The Morgan fingerprint density at radius 3 is 2.46 bits per heavy atom. The molecule has 3 nitrogen and oxygen atoms in total. The first-order valence-electron chi connectivity index (χ1n) is 3.20. The Kier molecular flexibility index (Phi) is 2.94. The molecule has 6 heteroatoms. The zero-order chi connectivity index (χ0) is 10.0. The van der Waals surface area contributed by atoms with E-state index >= 15 is 0 Å². The molecule has 0 aliphatic heterocycles. The summed E-state index contributed by atoms with van der Waals surface area (Å²) in [6.45, 7) is 0. The molecule has 0 bridgehead atoms. The van der Waals surface area contributed by atoms with Gasteiger partial charge in [-0.15, -0.1) is 0 Å². The Balaban J connectivity index is 3.28. The van der Waals surface area contributed by atoms with Crippen molar-refractivity contribution in [3.63, 3.8) is 0 Å². The molecule has 1 unspecified atom stereocenters. The molecule has 1 atom stereocenters. The van der Waals surface area contributed by atoms with E-state index in [4.69, 9.17) is 4.55 Å². The van der Waals surface area contributed by atoms with Gasteiger partial charge in [-0.3, -0.25) is 0 Å². The molecule has 0 saturated carbocycles. The van der Waals surface area contributed by atoms with Crippen molar-refractivity contribution in [1.29, 1.82) is 0 Å². The van der Waals surface area contributed by atoms with Crippen LogP contribution in [0.4, 0.5) is 8.78 Å². The molecule has 1 aromatic rings. The highest BCUT2D eigenvalue weighted by Crippen LogP contribution is 2.22. The molecule has 0 radical (unpaired) electrons. The number of hydrogen-bond acceptors (Lipinski definition) is 2. The first-order chi connectivity index (χ1) is 6.06. The zero-order valence-corrected chi connectivity index (χ0v) is 7.40. The van der Waals surface area contributed by atoms with Gasteiger partial charge in [0, 0.05) is 6.07 Å². The number of ether oxygens (including phenoxy) is 1. The second-order valence-electron chi connectivity index (χ2n) is 2.17. The van der Waals surface area contributed by atoms with Gasteiger partial charge in [-0.05, 0) is 6.07 Å². The highest BCUT2D eigenvalue weighted by atomic mass is 32.2. The maximum atomic E-state index is 12.9. The van der Waals surface area contributed by atoms with Crippen LogP contribution < -0.4 is 4.74 Å². The van der Waals surface area contributed by atoms with Crippen LogP contribution in [-0.4, -0.2) is 15.9 Å². The SMILES string of the molecule is COc1cc(F)c(S(=O)O)cc1F. The monoisotopic (exact) mass is 208 g/mol. The van der Waals surface area contributed by atoms with Crippen LogP contribution in [0.3, 0.4) is 0 Å². The van der Waals surface area contributed by atoms with Crippen LogP contribution in [0.1, 0.15) is 0 Å². The molecule has 0 aromatic heterocycles. The molecule has 13 heavy (non-hydrogen) atoms. The van der Waals surface area contributed by atoms with Crippen molar-refractivity contribution in [1.82, 2.24) is 0 Å². The number of methoxy groups -OCH3 is 1. The summed E-state index contributed by atoms with van der Waals surface area (Å²) in [5.74, 6) is -2.15. The molecule has 72 valence electrons. The summed E-state index contributed by atoms with van der Waals surface area (Å²) in [7, 11) is 1.17. The number of rotatable bonds is 2. The summed E-state index contributed by atoms with van der Waals surface area (Å²) < 4.78 is 49.1. The lowest BCUT2D eigenvalue weighted by atomic mass is 10.3. The fourth-order valence-electron chi connectivity index (χ4n) is 0.801. The summed E-state index contributed by atoms with van der Waals surface area (Å²) >= 11 is -2.53. The maximum absolute atomic E-state index is 12.9. The predicted octanol–water partition coefficient (Wildman–Crippen LogP) is 1.55. The molecule has 0 fully saturated rings. The summed E-state index contributed by atoms with van der Waals surface area (Å²) in [5.41, 5.74) is 0. The quantitative estimate of drug-likeness (QED) is 0.750. The van der Waals surface area contributed by atoms with Crippen molar-refractivity contribution in [3.05, 3.63) is 23.8 Å². The third-order valence-corrected chi connectivity index (χ3v) is 2.08. The lowest BCUT2D eigenvalue weighted by Gasteiger charge is -2.03. The summed E-state index contributed by atoms with van der Waals surface area (Å²) in [5, 5.41) is 0. The summed E-state index contributed by atoms with van der Waals surface area (Å²) in [6.07, 6.45) is 0. The van der Waals surface area contributed by atoms with E-state index in [9.17, 15) is 13.0 Å². The van der Waals surface area contributed by atoms with E-state index in [-0.39, 0.29) is 5.75 Å². The first kappa shape index (κ1) is 10.1. The molecular weight excluding hydrogens is 202 g/mol. The predicted molar refractivity (Wildman–Crippen MR) is 41.9 cm³/mol. The molecule has 0 aliphatic carbocycles. The minimum atomic E-state index is -2.53. The van der Waals surface area contributed by atoms with E-state index in [1.54, 1.807) is 0 Å². The van der Waals surface area contributed by atoms with Gasteiger partial charge in [-0.2, -0.15) is 0 Å². The number of benzene rings is 1. The molecule has 0 aliphatic rings. The lowest BCUT2D eigenvalue weighted by Crippen LogP contribution is -1.97. The Hall–Kier alpha value is -1.01. The summed E-state index contributed by atoms with van der Waals surface area (Å²) in [6, 6.07) is 1.35. The largest absolute Gasteiger partial charge is 0.494 e. The molecule has 1 N–H and O–H groups in total. The normalized spacial score (nSPS) is 12.6. The van der Waals surface area contributed by atoms with Crippen LogP contribution in [0.5, 0.6) is 5.75 Å². The van der Waals surface area contributed by atoms with Crippen LogP contribution in [0.2, 0.25) is 0 Å². The van der Waals surface area contributed by atoms with E-state index < -0.39 is 27.6 Å². The van der Waals surface area contributed by atoms with Crippen molar-refractivity contribution in [2.45, 2.75) is 4.90 Å². The Labute approximate surface area is 75.6 Å². The molecule has 1 rings (SSSR count). The van der Waals surface area contributed by atoms with Gasteiger partial charge >= 0.3 is 0 Å². The van der Waals surface area contributed by atoms with Gasteiger partial charge in [0.25, 0.3) is 0 Å². The minimum Gasteiger partial charge on any atom is -0.494 e. The van der Waals surface area contributed by atoms with E-state index in [1.807, 2.05) is 0 Å². The third kappa shape index (κ3) is 2.02. The average molecular weight is 208 g/mol. The minimum absolute atomic E-state index is 0.299. The Morgan fingerprint density at radius 1 is 1.38 bits per heavy atom. The van der Waals surface area contributed by atoms with E-state index in [0.717, 1.165) is 6.07 Å². The van der Waals surface area contributed by atoms with E-state index in [0.29, 0.717) is 6.07 Å². The van der Waals surface area contributed by atoms with Gasteiger partial charge in [0.2, 0.25) is 0 Å². The highest BCUT2D eigenvalue weighted by Gasteiger charge is 2.13. The number of hydrogen-bond donors (Lipinski definition) is 1. The fraction of sp³-hybridized carbons (Fsp3) is 0.143. The van der Waals surface area contributed by atoms with E-state index in [2.05, 4.69) is 4.74 Å².